The predicted octanol–water partition coefficient (Wildman–Crippen LogP) is 2.64. The average Bonchev–Trinajstić information content (AvgIpc) is 2.49. The first-order valence-electron chi connectivity index (χ1n) is 5.69. The fraction of sp³-hybridized carbons (Fsp3) is 0. The van der Waals surface area contributed by atoms with Gasteiger partial charge in [-0.25, -0.2) is 9.97 Å². The van der Waals surface area contributed by atoms with E-state index in [4.69, 9.17) is 0 Å². The minimum atomic E-state index is 0.484. The number of aromatic nitrogens is 3. The second-order valence-corrected chi connectivity index (χ2v) is 3.90. The van der Waals surface area contributed by atoms with Gasteiger partial charge in [0.2, 0.25) is 0 Å². The fourth-order valence-electron chi connectivity index (χ4n) is 1.85. The van der Waals surface area contributed by atoms with Crippen molar-refractivity contribution in [3.63, 3.8) is 0 Å². The molecule has 90 valence electrons. The van der Waals surface area contributed by atoms with Gasteiger partial charge in [-0.1, -0.05) is 18.2 Å². The van der Waals surface area contributed by atoms with E-state index in [2.05, 4.69) is 26.3 Å². The molecule has 0 aliphatic carbocycles. The molecule has 1 aromatic carbocycles. The molecule has 5 nitrogen and oxygen atoms in total. The van der Waals surface area contributed by atoms with Gasteiger partial charge in [-0.3, -0.25) is 4.98 Å². The van der Waals surface area contributed by atoms with Gasteiger partial charge in [0.1, 0.15) is 18.2 Å². The first-order chi connectivity index (χ1) is 9.38. The smallest absolute Gasteiger partial charge is 0.133 e. The molecular formula is C14H9N5. The van der Waals surface area contributed by atoms with Crippen molar-refractivity contribution in [1.82, 2.24) is 15.0 Å². The highest BCUT2D eigenvalue weighted by molar-refractivity contribution is 5.95. The van der Waals surface area contributed by atoms with Gasteiger partial charge in [-0.2, -0.15) is 5.26 Å². The zero-order chi connectivity index (χ0) is 13.1. The molecule has 0 saturated carbocycles. The number of fused-ring (bicyclic) bond motifs is 1. The number of hydrogen-bond acceptors (Lipinski definition) is 5. The van der Waals surface area contributed by atoms with Crippen molar-refractivity contribution in [2.75, 3.05) is 5.32 Å². The molecule has 0 atom stereocenters. The van der Waals surface area contributed by atoms with Crippen LogP contribution < -0.4 is 5.32 Å². The molecule has 0 aliphatic rings. The van der Waals surface area contributed by atoms with Gasteiger partial charge in [-0.05, 0) is 12.1 Å². The van der Waals surface area contributed by atoms with Crippen molar-refractivity contribution in [2.24, 2.45) is 0 Å². The summed E-state index contributed by atoms with van der Waals surface area (Å²) in [7, 11) is 0. The largest absolute Gasteiger partial charge is 0.338 e. The molecule has 0 saturated heterocycles. The van der Waals surface area contributed by atoms with E-state index in [1.807, 2.05) is 24.3 Å². The number of hydrogen-bond donors (Lipinski definition) is 1. The van der Waals surface area contributed by atoms with Gasteiger partial charge in [-0.15, -0.1) is 0 Å². The Hall–Kier alpha value is -3.00. The fourth-order valence-corrected chi connectivity index (χ4v) is 1.85. The summed E-state index contributed by atoms with van der Waals surface area (Å²) in [5, 5.41) is 13.2. The topological polar surface area (TPSA) is 74.5 Å². The Kier molecular flexibility index (Phi) is 2.75. The van der Waals surface area contributed by atoms with Crippen LogP contribution in [0, 0.1) is 11.3 Å². The normalized spacial score (nSPS) is 10.1. The van der Waals surface area contributed by atoms with Gasteiger partial charge < -0.3 is 5.32 Å². The Labute approximate surface area is 109 Å². The summed E-state index contributed by atoms with van der Waals surface area (Å²) in [6, 6.07) is 11.5. The number of anilines is 2. The lowest BCUT2D eigenvalue weighted by molar-refractivity contribution is 1.17. The quantitative estimate of drug-likeness (QED) is 0.753. The highest BCUT2D eigenvalue weighted by atomic mass is 15.0. The lowest BCUT2D eigenvalue weighted by Crippen LogP contribution is -1.98. The van der Waals surface area contributed by atoms with E-state index in [1.165, 1.54) is 6.33 Å². The molecule has 19 heavy (non-hydrogen) atoms. The number of pyridine rings is 1. The Morgan fingerprint density at radius 1 is 1.11 bits per heavy atom. The van der Waals surface area contributed by atoms with Crippen LogP contribution in [0.4, 0.5) is 11.5 Å². The van der Waals surface area contributed by atoms with E-state index in [9.17, 15) is 5.26 Å². The summed E-state index contributed by atoms with van der Waals surface area (Å²) < 4.78 is 0. The predicted molar refractivity (Wildman–Crippen MR) is 71.8 cm³/mol. The molecule has 0 aliphatic heterocycles. The summed E-state index contributed by atoms with van der Waals surface area (Å²) >= 11 is 0. The summed E-state index contributed by atoms with van der Waals surface area (Å²) in [6.45, 7) is 0. The van der Waals surface area contributed by atoms with E-state index in [-0.39, 0.29) is 0 Å². The lowest BCUT2D eigenvalue weighted by atomic mass is 10.1. The highest BCUT2D eigenvalue weighted by Crippen LogP contribution is 2.27. The van der Waals surface area contributed by atoms with E-state index in [1.54, 1.807) is 18.5 Å². The third-order valence-electron chi connectivity index (χ3n) is 2.73. The number of para-hydroxylation sites is 1. The minimum absolute atomic E-state index is 0.484. The van der Waals surface area contributed by atoms with Crippen molar-refractivity contribution < 1.29 is 0 Å². The standard InChI is InChI=1S/C14H9N5/c15-7-10-8-17-12-4-2-1-3-11(12)14(10)19-13-5-6-16-9-18-13/h1-6,8-9H,(H,16,17,18,19). The monoisotopic (exact) mass is 247 g/mol. The van der Waals surface area contributed by atoms with Crippen LogP contribution in [-0.2, 0) is 0 Å². The van der Waals surface area contributed by atoms with Crippen LogP contribution in [0.2, 0.25) is 0 Å². The van der Waals surface area contributed by atoms with Gasteiger partial charge >= 0.3 is 0 Å². The van der Waals surface area contributed by atoms with Gasteiger partial charge in [0, 0.05) is 17.8 Å². The second kappa shape index (κ2) is 4.70. The molecular weight excluding hydrogens is 238 g/mol. The third-order valence-corrected chi connectivity index (χ3v) is 2.73. The number of benzene rings is 1. The molecule has 1 N–H and O–H groups in total. The molecule has 0 spiro atoms. The van der Waals surface area contributed by atoms with E-state index < -0.39 is 0 Å². The molecule has 0 amide bonds. The molecule has 0 radical (unpaired) electrons. The van der Waals surface area contributed by atoms with Gasteiger partial charge in [0.15, 0.2) is 0 Å². The Balaban J connectivity index is 2.18. The first-order valence-corrected chi connectivity index (χ1v) is 5.69. The molecule has 0 bridgehead atoms. The van der Waals surface area contributed by atoms with Crippen LogP contribution in [0.25, 0.3) is 10.9 Å². The maximum Gasteiger partial charge on any atom is 0.133 e. The van der Waals surface area contributed by atoms with Crippen molar-refractivity contribution in [3.8, 4) is 6.07 Å². The van der Waals surface area contributed by atoms with Crippen LogP contribution >= 0.6 is 0 Å². The number of nitrogens with zero attached hydrogens (tertiary/aromatic N) is 4. The summed E-state index contributed by atoms with van der Waals surface area (Å²) in [6.07, 6.45) is 4.66. The maximum atomic E-state index is 9.19. The molecule has 0 fully saturated rings. The van der Waals surface area contributed by atoms with E-state index >= 15 is 0 Å². The Morgan fingerprint density at radius 2 is 2.00 bits per heavy atom. The zero-order valence-electron chi connectivity index (χ0n) is 9.91. The molecule has 0 unspecified atom stereocenters. The summed E-state index contributed by atoms with van der Waals surface area (Å²) in [4.78, 5) is 12.2. The van der Waals surface area contributed by atoms with Crippen LogP contribution in [0.5, 0.6) is 0 Å². The summed E-state index contributed by atoms with van der Waals surface area (Å²) in [5.41, 5.74) is 2.03. The summed E-state index contributed by atoms with van der Waals surface area (Å²) in [5.74, 6) is 0.642. The van der Waals surface area contributed by atoms with Crippen molar-refractivity contribution in [1.29, 1.82) is 5.26 Å². The lowest BCUT2D eigenvalue weighted by Gasteiger charge is -2.10. The van der Waals surface area contributed by atoms with Crippen LogP contribution in [0.1, 0.15) is 5.56 Å². The Bertz CT molecular complexity index is 762. The second-order valence-electron chi connectivity index (χ2n) is 3.90. The van der Waals surface area contributed by atoms with Crippen LogP contribution in [0.15, 0.2) is 49.1 Å². The average molecular weight is 247 g/mol. The molecule has 2 aromatic heterocycles. The SMILES string of the molecule is N#Cc1cnc2ccccc2c1Nc1ccncn1. The molecule has 2 heterocycles. The minimum Gasteiger partial charge on any atom is -0.338 e. The molecule has 5 heteroatoms. The molecule has 3 rings (SSSR count). The number of nitriles is 1. The first kappa shape index (κ1) is 11.1. The molecule has 3 aromatic rings. The van der Waals surface area contributed by atoms with Crippen LogP contribution in [-0.4, -0.2) is 15.0 Å². The zero-order valence-corrected chi connectivity index (χ0v) is 9.91. The van der Waals surface area contributed by atoms with E-state index in [0.29, 0.717) is 17.1 Å². The number of rotatable bonds is 2. The van der Waals surface area contributed by atoms with Gasteiger partial charge in [0.25, 0.3) is 0 Å². The van der Waals surface area contributed by atoms with Crippen LogP contribution in [0.3, 0.4) is 0 Å². The maximum absolute atomic E-state index is 9.19. The van der Waals surface area contributed by atoms with Gasteiger partial charge in [0.05, 0.1) is 16.8 Å². The number of nitrogens with one attached hydrogen (secondary N) is 1. The van der Waals surface area contributed by atoms with Crippen molar-refractivity contribution in [3.05, 3.63) is 54.6 Å². The van der Waals surface area contributed by atoms with Crippen molar-refractivity contribution >= 4 is 22.4 Å². The highest BCUT2D eigenvalue weighted by Gasteiger charge is 2.08. The third kappa shape index (κ3) is 2.07. The Morgan fingerprint density at radius 3 is 2.79 bits per heavy atom. The van der Waals surface area contributed by atoms with Crippen molar-refractivity contribution in [2.45, 2.75) is 0 Å². The van der Waals surface area contributed by atoms with E-state index in [0.717, 1.165) is 10.9 Å².